The molecule has 2 rings (SSSR count). The van der Waals surface area contributed by atoms with Crippen LogP contribution < -0.4 is 10.2 Å². The molecule has 0 bridgehead atoms. The molecule has 1 heterocycles. The molecule has 116 valence electrons. The van der Waals surface area contributed by atoms with Crippen molar-refractivity contribution >= 4 is 23.0 Å². The second kappa shape index (κ2) is 6.84. The molecule has 0 radical (unpaired) electrons. The first-order chi connectivity index (χ1) is 10.6. The minimum atomic E-state index is -0.436. The van der Waals surface area contributed by atoms with E-state index in [1.165, 1.54) is 6.33 Å². The first-order valence-electron chi connectivity index (χ1n) is 7.15. The van der Waals surface area contributed by atoms with Gasteiger partial charge in [0.15, 0.2) is 0 Å². The zero-order chi connectivity index (χ0) is 16.1. The van der Waals surface area contributed by atoms with E-state index >= 15 is 0 Å². The van der Waals surface area contributed by atoms with Gasteiger partial charge in [-0.1, -0.05) is 18.2 Å². The van der Waals surface area contributed by atoms with Crippen LogP contribution in [0.5, 0.6) is 0 Å². The Morgan fingerprint density at radius 2 is 1.91 bits per heavy atom. The molecule has 0 fully saturated rings. The monoisotopic (exact) mass is 301 g/mol. The molecule has 0 aliphatic carbocycles. The van der Waals surface area contributed by atoms with Gasteiger partial charge in [-0.25, -0.2) is 9.97 Å². The minimum Gasteiger partial charge on any atom is -0.351 e. The second-order valence-corrected chi connectivity index (χ2v) is 4.76. The van der Waals surface area contributed by atoms with E-state index in [-0.39, 0.29) is 11.5 Å². The van der Waals surface area contributed by atoms with E-state index in [4.69, 9.17) is 0 Å². The fraction of sp³-hybridized carbons (Fsp3) is 0.333. The fourth-order valence-electron chi connectivity index (χ4n) is 2.22. The number of nitrogens with zero attached hydrogens (tertiary/aromatic N) is 4. The lowest BCUT2D eigenvalue weighted by Crippen LogP contribution is -2.24. The summed E-state index contributed by atoms with van der Waals surface area (Å²) in [5, 5.41) is 14.6. The fourth-order valence-corrected chi connectivity index (χ4v) is 2.22. The van der Waals surface area contributed by atoms with Gasteiger partial charge in [-0.05, 0) is 32.4 Å². The molecule has 1 N–H and O–H groups in total. The van der Waals surface area contributed by atoms with E-state index in [9.17, 15) is 10.1 Å². The van der Waals surface area contributed by atoms with Crippen molar-refractivity contribution in [1.29, 1.82) is 0 Å². The average molecular weight is 301 g/mol. The average Bonchev–Trinajstić information content (AvgIpc) is 2.51. The van der Waals surface area contributed by atoms with Gasteiger partial charge in [0.25, 0.3) is 0 Å². The lowest BCUT2D eigenvalue weighted by molar-refractivity contribution is -0.383. The van der Waals surface area contributed by atoms with Gasteiger partial charge in [0.2, 0.25) is 11.6 Å². The van der Waals surface area contributed by atoms with Gasteiger partial charge in [-0.15, -0.1) is 0 Å². The van der Waals surface area contributed by atoms with E-state index in [0.29, 0.717) is 18.9 Å². The zero-order valence-electron chi connectivity index (χ0n) is 12.9. The zero-order valence-corrected chi connectivity index (χ0v) is 12.9. The highest BCUT2D eigenvalue weighted by molar-refractivity contribution is 5.75. The predicted molar refractivity (Wildman–Crippen MR) is 86.7 cm³/mol. The van der Waals surface area contributed by atoms with Crippen molar-refractivity contribution in [2.24, 2.45) is 0 Å². The van der Waals surface area contributed by atoms with Crippen LogP contribution in [0.3, 0.4) is 0 Å². The van der Waals surface area contributed by atoms with Crippen molar-refractivity contribution < 1.29 is 4.92 Å². The van der Waals surface area contributed by atoms with Crippen LogP contribution in [-0.4, -0.2) is 28.0 Å². The molecule has 0 saturated carbocycles. The molecule has 1 aromatic carbocycles. The van der Waals surface area contributed by atoms with Crippen molar-refractivity contribution in [2.45, 2.75) is 20.8 Å². The van der Waals surface area contributed by atoms with E-state index in [1.54, 1.807) is 0 Å². The summed E-state index contributed by atoms with van der Waals surface area (Å²) in [6, 6.07) is 7.57. The van der Waals surface area contributed by atoms with Gasteiger partial charge >= 0.3 is 5.69 Å². The van der Waals surface area contributed by atoms with E-state index in [1.807, 2.05) is 49.9 Å². The number of rotatable bonds is 6. The Hall–Kier alpha value is -2.70. The third-order valence-electron chi connectivity index (χ3n) is 3.45. The van der Waals surface area contributed by atoms with Crippen LogP contribution in [0, 0.1) is 17.0 Å². The molecule has 0 aliphatic rings. The Morgan fingerprint density at radius 1 is 1.23 bits per heavy atom. The lowest BCUT2D eigenvalue weighted by atomic mass is 10.2. The van der Waals surface area contributed by atoms with Gasteiger partial charge < -0.3 is 10.2 Å². The van der Waals surface area contributed by atoms with Crippen LogP contribution in [0.4, 0.5) is 23.0 Å². The molecule has 0 atom stereocenters. The highest BCUT2D eigenvalue weighted by Gasteiger charge is 2.26. The molecule has 7 heteroatoms. The summed E-state index contributed by atoms with van der Waals surface area (Å²) in [6.07, 6.45) is 1.35. The molecular formula is C15H19N5O2. The number of hydrogen-bond donors (Lipinski definition) is 1. The smallest absolute Gasteiger partial charge is 0.351 e. The normalized spacial score (nSPS) is 10.3. The van der Waals surface area contributed by atoms with Crippen LogP contribution in [0.2, 0.25) is 0 Å². The third kappa shape index (κ3) is 3.13. The van der Waals surface area contributed by atoms with Gasteiger partial charge in [0.1, 0.15) is 6.33 Å². The summed E-state index contributed by atoms with van der Waals surface area (Å²) in [7, 11) is 0. The summed E-state index contributed by atoms with van der Waals surface area (Å²) < 4.78 is 0. The first-order valence-corrected chi connectivity index (χ1v) is 7.15. The Labute approximate surface area is 129 Å². The summed E-state index contributed by atoms with van der Waals surface area (Å²) in [5.41, 5.74) is 1.67. The quantitative estimate of drug-likeness (QED) is 0.651. The van der Waals surface area contributed by atoms with Gasteiger partial charge in [0.05, 0.1) is 4.92 Å². The predicted octanol–water partition coefficient (Wildman–Crippen LogP) is 3.28. The van der Waals surface area contributed by atoms with Crippen LogP contribution >= 0.6 is 0 Å². The lowest BCUT2D eigenvalue weighted by Gasteiger charge is -2.20. The molecule has 0 spiro atoms. The first kappa shape index (κ1) is 15.7. The van der Waals surface area contributed by atoms with E-state index < -0.39 is 4.92 Å². The van der Waals surface area contributed by atoms with Crippen molar-refractivity contribution in [3.63, 3.8) is 0 Å². The number of anilines is 3. The summed E-state index contributed by atoms with van der Waals surface area (Å²) in [4.78, 5) is 21.1. The molecule has 0 aliphatic heterocycles. The summed E-state index contributed by atoms with van der Waals surface area (Å²) in [5.74, 6) is 0.539. The summed E-state index contributed by atoms with van der Waals surface area (Å²) in [6.45, 7) is 7.07. The van der Waals surface area contributed by atoms with Gasteiger partial charge in [-0.3, -0.25) is 10.1 Å². The minimum absolute atomic E-state index is 0.102. The summed E-state index contributed by atoms with van der Waals surface area (Å²) >= 11 is 0. The third-order valence-corrected chi connectivity index (χ3v) is 3.45. The number of nitro groups is 1. The highest BCUT2D eigenvalue weighted by Crippen LogP contribution is 2.33. The Kier molecular flexibility index (Phi) is 4.88. The SMILES string of the molecule is CCN(CC)c1ncnc(Nc2ccccc2C)c1[N+](=O)[O-]. The number of aromatic nitrogens is 2. The molecule has 0 amide bonds. The number of aryl methyl sites for hydroxylation is 1. The number of nitrogens with one attached hydrogen (secondary N) is 1. The van der Waals surface area contributed by atoms with E-state index in [0.717, 1.165) is 11.3 Å². The second-order valence-electron chi connectivity index (χ2n) is 4.76. The maximum atomic E-state index is 11.5. The maximum Gasteiger partial charge on any atom is 0.353 e. The van der Waals surface area contributed by atoms with Crippen LogP contribution in [-0.2, 0) is 0 Å². The van der Waals surface area contributed by atoms with Gasteiger partial charge in [-0.2, -0.15) is 0 Å². The van der Waals surface area contributed by atoms with Crippen molar-refractivity contribution in [3.8, 4) is 0 Å². The molecule has 1 aromatic heterocycles. The molecular weight excluding hydrogens is 282 g/mol. The highest BCUT2D eigenvalue weighted by atomic mass is 16.6. The van der Waals surface area contributed by atoms with Crippen LogP contribution in [0.15, 0.2) is 30.6 Å². The Morgan fingerprint density at radius 3 is 2.50 bits per heavy atom. The topological polar surface area (TPSA) is 84.2 Å². The number of hydrogen-bond acceptors (Lipinski definition) is 6. The standard InChI is InChI=1S/C15H19N5O2/c1-4-19(5-2)15-13(20(21)22)14(16-10-17-15)18-12-9-7-6-8-11(12)3/h6-10H,4-5H2,1-3H3,(H,16,17,18). The molecule has 0 saturated heterocycles. The van der Waals surface area contributed by atoms with Gasteiger partial charge in [0, 0.05) is 18.8 Å². The number of para-hydroxylation sites is 1. The molecule has 2 aromatic rings. The van der Waals surface area contributed by atoms with Crippen LogP contribution in [0.25, 0.3) is 0 Å². The van der Waals surface area contributed by atoms with Crippen molar-refractivity contribution in [3.05, 3.63) is 46.3 Å². The largest absolute Gasteiger partial charge is 0.353 e. The van der Waals surface area contributed by atoms with Crippen molar-refractivity contribution in [1.82, 2.24) is 9.97 Å². The number of benzene rings is 1. The van der Waals surface area contributed by atoms with E-state index in [2.05, 4.69) is 15.3 Å². The molecule has 22 heavy (non-hydrogen) atoms. The Bertz CT molecular complexity index is 671. The maximum absolute atomic E-state index is 11.5. The van der Waals surface area contributed by atoms with Crippen LogP contribution in [0.1, 0.15) is 19.4 Å². The van der Waals surface area contributed by atoms with Crippen molar-refractivity contribution in [2.75, 3.05) is 23.3 Å². The Balaban J connectivity index is 2.50. The molecule has 0 unspecified atom stereocenters. The molecule has 7 nitrogen and oxygen atoms in total.